The van der Waals surface area contributed by atoms with Gasteiger partial charge < -0.3 is 15.0 Å². The van der Waals surface area contributed by atoms with Crippen molar-refractivity contribution in [3.05, 3.63) is 48.8 Å². The molecular formula is C17H17N5O. The summed E-state index contributed by atoms with van der Waals surface area (Å²) in [5, 5.41) is 3.25. The number of aromatic nitrogens is 3. The zero-order valence-electron chi connectivity index (χ0n) is 12.6. The van der Waals surface area contributed by atoms with Crippen LogP contribution in [-0.2, 0) is 4.74 Å². The minimum atomic E-state index is 0.713. The van der Waals surface area contributed by atoms with Gasteiger partial charge in [-0.15, -0.1) is 0 Å². The second-order valence-electron chi connectivity index (χ2n) is 5.37. The quantitative estimate of drug-likeness (QED) is 0.802. The van der Waals surface area contributed by atoms with Gasteiger partial charge in [0, 0.05) is 13.1 Å². The van der Waals surface area contributed by atoms with Gasteiger partial charge >= 0.3 is 0 Å². The lowest BCUT2D eigenvalue weighted by atomic mass is 10.3. The molecule has 1 aliphatic rings. The summed E-state index contributed by atoms with van der Waals surface area (Å²) >= 11 is 0. The molecule has 2 aromatic heterocycles. The maximum absolute atomic E-state index is 5.36. The average Bonchev–Trinajstić information content (AvgIpc) is 2.63. The molecule has 1 aliphatic heterocycles. The topological polar surface area (TPSA) is 63.2 Å². The van der Waals surface area contributed by atoms with Crippen molar-refractivity contribution in [3.8, 4) is 0 Å². The maximum Gasteiger partial charge on any atom is 0.149 e. The molecule has 1 aromatic carbocycles. The lowest BCUT2D eigenvalue weighted by Crippen LogP contribution is -2.36. The Hall–Kier alpha value is -2.73. The number of para-hydroxylation sites is 2. The highest BCUT2D eigenvalue weighted by atomic mass is 16.5. The van der Waals surface area contributed by atoms with Crippen LogP contribution in [0, 0.1) is 0 Å². The van der Waals surface area contributed by atoms with Crippen LogP contribution in [0.3, 0.4) is 0 Å². The molecule has 0 bridgehead atoms. The number of fused-ring (bicyclic) bond motifs is 1. The third kappa shape index (κ3) is 3.07. The van der Waals surface area contributed by atoms with Gasteiger partial charge in [-0.2, -0.15) is 0 Å². The Balaban J connectivity index is 1.51. The number of hydrogen-bond donors (Lipinski definition) is 1. The first-order chi connectivity index (χ1) is 11.4. The van der Waals surface area contributed by atoms with Crippen LogP contribution in [-0.4, -0.2) is 41.3 Å². The maximum atomic E-state index is 5.36. The monoisotopic (exact) mass is 307 g/mol. The van der Waals surface area contributed by atoms with Crippen LogP contribution in [0.4, 0.5) is 17.3 Å². The number of hydrogen-bond acceptors (Lipinski definition) is 6. The van der Waals surface area contributed by atoms with Crippen LogP contribution in [0.15, 0.2) is 48.8 Å². The number of ether oxygens (including phenoxy) is 1. The SMILES string of the molecule is c1ccc2nc(Nc3ccc(N4CCOCC4)nc3)cnc2c1. The molecular weight excluding hydrogens is 290 g/mol. The molecule has 23 heavy (non-hydrogen) atoms. The van der Waals surface area contributed by atoms with Crippen LogP contribution < -0.4 is 10.2 Å². The molecule has 0 aliphatic carbocycles. The van der Waals surface area contributed by atoms with E-state index in [-0.39, 0.29) is 0 Å². The fourth-order valence-corrected chi connectivity index (χ4v) is 2.60. The van der Waals surface area contributed by atoms with E-state index in [1.54, 1.807) is 6.20 Å². The molecule has 6 nitrogen and oxygen atoms in total. The van der Waals surface area contributed by atoms with Crippen molar-refractivity contribution in [2.45, 2.75) is 0 Å². The summed E-state index contributed by atoms with van der Waals surface area (Å²) in [5.41, 5.74) is 2.65. The van der Waals surface area contributed by atoms with Crippen molar-refractivity contribution in [2.75, 3.05) is 36.5 Å². The van der Waals surface area contributed by atoms with Gasteiger partial charge in [-0.1, -0.05) is 12.1 Å². The summed E-state index contributed by atoms with van der Waals surface area (Å²) in [6.45, 7) is 3.29. The molecule has 116 valence electrons. The molecule has 6 heteroatoms. The zero-order chi connectivity index (χ0) is 15.5. The van der Waals surface area contributed by atoms with E-state index in [0.717, 1.165) is 48.8 Å². The Morgan fingerprint density at radius 3 is 2.52 bits per heavy atom. The van der Waals surface area contributed by atoms with E-state index in [1.807, 2.05) is 42.6 Å². The minimum Gasteiger partial charge on any atom is -0.378 e. The predicted octanol–water partition coefficient (Wildman–Crippen LogP) is 2.61. The Morgan fingerprint density at radius 1 is 0.913 bits per heavy atom. The molecule has 1 saturated heterocycles. The average molecular weight is 307 g/mol. The van der Waals surface area contributed by atoms with Crippen LogP contribution in [0.5, 0.6) is 0 Å². The molecule has 0 atom stereocenters. The van der Waals surface area contributed by atoms with Gasteiger partial charge in [0.2, 0.25) is 0 Å². The van der Waals surface area contributed by atoms with Gasteiger partial charge in [0.25, 0.3) is 0 Å². The van der Waals surface area contributed by atoms with E-state index < -0.39 is 0 Å². The van der Waals surface area contributed by atoms with Crippen LogP contribution in [0.1, 0.15) is 0 Å². The van der Waals surface area contributed by atoms with Gasteiger partial charge in [-0.25, -0.2) is 9.97 Å². The van der Waals surface area contributed by atoms with Crippen LogP contribution in [0.2, 0.25) is 0 Å². The first-order valence-electron chi connectivity index (χ1n) is 7.66. The van der Waals surface area contributed by atoms with Crippen molar-refractivity contribution >= 4 is 28.4 Å². The zero-order valence-corrected chi connectivity index (χ0v) is 12.6. The second kappa shape index (κ2) is 6.18. The van der Waals surface area contributed by atoms with Crippen LogP contribution in [0.25, 0.3) is 11.0 Å². The van der Waals surface area contributed by atoms with Crippen molar-refractivity contribution < 1.29 is 4.74 Å². The molecule has 0 unspecified atom stereocenters. The highest BCUT2D eigenvalue weighted by molar-refractivity contribution is 5.76. The Morgan fingerprint density at radius 2 is 1.74 bits per heavy atom. The number of rotatable bonds is 3. The van der Waals surface area contributed by atoms with E-state index in [1.165, 1.54) is 0 Å². The predicted molar refractivity (Wildman–Crippen MR) is 90.1 cm³/mol. The summed E-state index contributed by atoms with van der Waals surface area (Å²) < 4.78 is 5.36. The summed E-state index contributed by atoms with van der Waals surface area (Å²) in [5.74, 6) is 1.69. The third-order valence-electron chi connectivity index (χ3n) is 3.80. The van der Waals surface area contributed by atoms with Crippen molar-refractivity contribution in [1.82, 2.24) is 15.0 Å². The smallest absolute Gasteiger partial charge is 0.149 e. The van der Waals surface area contributed by atoms with Gasteiger partial charge in [-0.05, 0) is 24.3 Å². The molecule has 1 N–H and O–H groups in total. The van der Waals surface area contributed by atoms with E-state index in [0.29, 0.717) is 5.82 Å². The van der Waals surface area contributed by atoms with Crippen LogP contribution >= 0.6 is 0 Å². The molecule has 4 rings (SSSR count). The number of nitrogens with one attached hydrogen (secondary N) is 1. The van der Waals surface area contributed by atoms with Crippen molar-refractivity contribution in [2.24, 2.45) is 0 Å². The standard InChI is InChI=1S/C17H17N5O/c1-2-4-15-14(3-1)18-12-16(21-15)20-13-5-6-17(19-11-13)22-7-9-23-10-8-22/h1-6,11-12H,7-10H2,(H,20,21). The largest absolute Gasteiger partial charge is 0.378 e. The third-order valence-corrected chi connectivity index (χ3v) is 3.80. The number of morpholine rings is 1. The lowest BCUT2D eigenvalue weighted by molar-refractivity contribution is 0.122. The van der Waals surface area contributed by atoms with Crippen molar-refractivity contribution in [1.29, 1.82) is 0 Å². The second-order valence-corrected chi connectivity index (χ2v) is 5.37. The molecule has 1 fully saturated rings. The molecule has 0 saturated carbocycles. The van der Waals surface area contributed by atoms with Gasteiger partial charge in [0.1, 0.15) is 11.6 Å². The normalized spacial score (nSPS) is 14.9. The summed E-state index contributed by atoms with van der Waals surface area (Å²) in [7, 11) is 0. The molecule has 0 radical (unpaired) electrons. The Bertz CT molecular complexity index is 799. The minimum absolute atomic E-state index is 0.713. The highest BCUT2D eigenvalue weighted by Gasteiger charge is 2.12. The molecule has 0 amide bonds. The van der Waals surface area contributed by atoms with E-state index in [4.69, 9.17) is 4.74 Å². The Kier molecular flexibility index (Phi) is 3.73. The molecule has 0 spiro atoms. The van der Waals surface area contributed by atoms with E-state index >= 15 is 0 Å². The summed E-state index contributed by atoms with van der Waals surface area (Å²) in [6, 6.07) is 11.8. The van der Waals surface area contributed by atoms with Gasteiger partial charge in [0.15, 0.2) is 0 Å². The lowest BCUT2D eigenvalue weighted by Gasteiger charge is -2.27. The van der Waals surface area contributed by atoms with Crippen molar-refractivity contribution in [3.63, 3.8) is 0 Å². The number of nitrogens with zero attached hydrogens (tertiary/aromatic N) is 4. The molecule has 3 heterocycles. The number of benzene rings is 1. The first kappa shape index (κ1) is 13.9. The number of anilines is 3. The van der Waals surface area contributed by atoms with E-state index in [9.17, 15) is 0 Å². The highest BCUT2D eigenvalue weighted by Crippen LogP contribution is 2.19. The molecule has 3 aromatic rings. The van der Waals surface area contributed by atoms with E-state index in [2.05, 4.69) is 25.2 Å². The fraction of sp³-hybridized carbons (Fsp3) is 0.235. The summed E-state index contributed by atoms with van der Waals surface area (Å²) in [4.78, 5) is 15.7. The first-order valence-corrected chi connectivity index (χ1v) is 7.66. The van der Waals surface area contributed by atoms with Gasteiger partial charge in [-0.3, -0.25) is 4.98 Å². The summed E-state index contributed by atoms with van der Waals surface area (Å²) in [6.07, 6.45) is 3.56. The van der Waals surface area contributed by atoms with Gasteiger partial charge in [0.05, 0.1) is 42.3 Å². The number of pyridine rings is 1. The fourth-order valence-electron chi connectivity index (χ4n) is 2.60. The Labute approximate surface area is 134 Å².